The summed E-state index contributed by atoms with van der Waals surface area (Å²) in [6.07, 6.45) is 2.09. The summed E-state index contributed by atoms with van der Waals surface area (Å²) >= 11 is 0. The Bertz CT molecular complexity index is 455. The quantitative estimate of drug-likeness (QED) is 0.752. The van der Waals surface area contributed by atoms with E-state index in [1.54, 1.807) is 6.07 Å². The maximum atomic E-state index is 11.5. The maximum Gasteiger partial charge on any atom is 0.319 e. The minimum atomic E-state index is -0.369. The van der Waals surface area contributed by atoms with Gasteiger partial charge in [-0.2, -0.15) is 0 Å². The first-order valence-corrected chi connectivity index (χ1v) is 6.04. The van der Waals surface area contributed by atoms with E-state index in [0.29, 0.717) is 6.04 Å². The Morgan fingerprint density at radius 3 is 2.78 bits per heavy atom. The van der Waals surface area contributed by atoms with Crippen molar-refractivity contribution < 1.29 is 9.59 Å². The second kappa shape index (κ2) is 5.53. The van der Waals surface area contributed by atoms with Crippen LogP contribution in [0.5, 0.6) is 0 Å². The second-order valence-electron chi connectivity index (χ2n) is 4.52. The predicted molar refractivity (Wildman–Crippen MR) is 69.4 cm³/mol. The summed E-state index contributed by atoms with van der Waals surface area (Å²) in [5.41, 5.74) is 1.79. The number of carbonyl (C=O) groups is 2. The molecule has 3 amide bonds. The normalized spacial score (nSPS) is 13.8. The van der Waals surface area contributed by atoms with Gasteiger partial charge in [-0.3, -0.25) is 4.79 Å². The zero-order valence-electron chi connectivity index (χ0n) is 10.3. The van der Waals surface area contributed by atoms with Gasteiger partial charge < -0.3 is 16.0 Å². The number of hydrogen-bond donors (Lipinski definition) is 3. The van der Waals surface area contributed by atoms with E-state index >= 15 is 0 Å². The first-order valence-electron chi connectivity index (χ1n) is 6.04. The summed E-state index contributed by atoms with van der Waals surface area (Å²) < 4.78 is 0. The molecule has 1 aromatic rings. The third-order valence-corrected chi connectivity index (χ3v) is 2.63. The number of anilines is 1. The van der Waals surface area contributed by atoms with Crippen molar-refractivity contribution in [1.29, 1.82) is 0 Å². The van der Waals surface area contributed by atoms with E-state index in [-0.39, 0.29) is 18.5 Å². The number of carbonyl (C=O) groups excluding carboxylic acids is 2. The van der Waals surface area contributed by atoms with Crippen molar-refractivity contribution in [2.45, 2.75) is 25.8 Å². The number of benzene rings is 1. The number of amides is 3. The highest BCUT2D eigenvalue weighted by Gasteiger charge is 2.23. The molecule has 1 aliphatic carbocycles. The standard InChI is InChI=1S/C13H17N3O2/c1-9-3-2-4-11(7-9)16-13(18)14-8-12(17)15-10-5-6-10/h2-4,7,10H,5-6,8H2,1H3,(H,15,17)(H2,14,16,18). The summed E-state index contributed by atoms with van der Waals surface area (Å²) in [5.74, 6) is -0.142. The van der Waals surface area contributed by atoms with E-state index < -0.39 is 0 Å². The molecule has 5 nitrogen and oxygen atoms in total. The van der Waals surface area contributed by atoms with Crippen LogP contribution in [-0.4, -0.2) is 24.5 Å². The monoisotopic (exact) mass is 247 g/mol. The van der Waals surface area contributed by atoms with E-state index in [1.165, 1.54) is 0 Å². The first-order chi connectivity index (χ1) is 8.63. The molecule has 0 atom stereocenters. The van der Waals surface area contributed by atoms with Gasteiger partial charge in [0.15, 0.2) is 0 Å². The molecule has 96 valence electrons. The van der Waals surface area contributed by atoms with E-state index in [9.17, 15) is 9.59 Å². The molecule has 1 aromatic carbocycles. The largest absolute Gasteiger partial charge is 0.352 e. The molecule has 1 saturated carbocycles. The van der Waals surface area contributed by atoms with Gasteiger partial charge in [-0.15, -0.1) is 0 Å². The lowest BCUT2D eigenvalue weighted by Gasteiger charge is -2.08. The molecular formula is C13H17N3O2. The molecule has 0 heterocycles. The van der Waals surface area contributed by atoms with Crippen LogP contribution in [0.2, 0.25) is 0 Å². The molecule has 1 fully saturated rings. The van der Waals surface area contributed by atoms with Crippen molar-refractivity contribution >= 4 is 17.6 Å². The highest BCUT2D eigenvalue weighted by atomic mass is 16.2. The third kappa shape index (κ3) is 4.08. The Labute approximate surface area is 106 Å². The molecule has 0 spiro atoms. The molecule has 18 heavy (non-hydrogen) atoms. The van der Waals surface area contributed by atoms with Crippen molar-refractivity contribution in [2.75, 3.05) is 11.9 Å². The smallest absolute Gasteiger partial charge is 0.319 e. The van der Waals surface area contributed by atoms with Crippen molar-refractivity contribution in [1.82, 2.24) is 10.6 Å². The minimum absolute atomic E-state index is 0.00808. The Kier molecular flexibility index (Phi) is 3.82. The Morgan fingerprint density at radius 2 is 2.11 bits per heavy atom. The Morgan fingerprint density at radius 1 is 1.33 bits per heavy atom. The van der Waals surface area contributed by atoms with Gasteiger partial charge >= 0.3 is 6.03 Å². The molecule has 3 N–H and O–H groups in total. The fourth-order valence-corrected chi connectivity index (χ4v) is 1.57. The molecule has 2 rings (SSSR count). The maximum absolute atomic E-state index is 11.5. The average molecular weight is 247 g/mol. The third-order valence-electron chi connectivity index (χ3n) is 2.63. The van der Waals surface area contributed by atoms with Crippen molar-refractivity contribution in [3.63, 3.8) is 0 Å². The topological polar surface area (TPSA) is 70.2 Å². The predicted octanol–water partition coefficient (Wildman–Crippen LogP) is 1.40. The SMILES string of the molecule is Cc1cccc(NC(=O)NCC(=O)NC2CC2)c1. The van der Waals surface area contributed by atoms with Gasteiger partial charge in [-0.05, 0) is 37.5 Å². The van der Waals surface area contributed by atoms with Crippen molar-refractivity contribution in [3.05, 3.63) is 29.8 Å². The van der Waals surface area contributed by atoms with E-state index in [2.05, 4.69) is 16.0 Å². The van der Waals surface area contributed by atoms with E-state index in [0.717, 1.165) is 24.1 Å². The zero-order valence-corrected chi connectivity index (χ0v) is 10.3. The first kappa shape index (κ1) is 12.4. The minimum Gasteiger partial charge on any atom is -0.352 e. The van der Waals surface area contributed by atoms with Crippen LogP contribution in [0.4, 0.5) is 10.5 Å². The number of urea groups is 1. The van der Waals surface area contributed by atoms with Crippen LogP contribution >= 0.6 is 0 Å². The summed E-state index contributed by atoms with van der Waals surface area (Å²) in [6, 6.07) is 7.43. The lowest BCUT2D eigenvalue weighted by atomic mass is 10.2. The van der Waals surface area contributed by atoms with Gasteiger partial charge in [0.05, 0.1) is 6.54 Å². The van der Waals surface area contributed by atoms with Gasteiger partial charge in [0.2, 0.25) is 5.91 Å². The average Bonchev–Trinajstić information content (AvgIpc) is 3.10. The molecular weight excluding hydrogens is 230 g/mol. The van der Waals surface area contributed by atoms with Crippen molar-refractivity contribution in [3.8, 4) is 0 Å². The van der Waals surface area contributed by atoms with Crippen LogP contribution in [0.3, 0.4) is 0 Å². The van der Waals surface area contributed by atoms with Crippen LogP contribution in [-0.2, 0) is 4.79 Å². The second-order valence-corrected chi connectivity index (χ2v) is 4.52. The lowest BCUT2D eigenvalue weighted by Crippen LogP contribution is -2.39. The summed E-state index contributed by atoms with van der Waals surface area (Å²) in [6.45, 7) is 1.96. The fourth-order valence-electron chi connectivity index (χ4n) is 1.57. The number of aryl methyl sites for hydroxylation is 1. The molecule has 0 unspecified atom stereocenters. The van der Waals surface area contributed by atoms with Crippen LogP contribution in [0.25, 0.3) is 0 Å². The van der Waals surface area contributed by atoms with Gasteiger partial charge in [-0.1, -0.05) is 12.1 Å². The molecule has 0 saturated heterocycles. The Balaban J connectivity index is 1.72. The summed E-state index contributed by atoms with van der Waals surface area (Å²) in [7, 11) is 0. The molecule has 0 aromatic heterocycles. The summed E-state index contributed by atoms with van der Waals surface area (Å²) in [4.78, 5) is 22.9. The molecule has 0 bridgehead atoms. The molecule has 5 heteroatoms. The fraction of sp³-hybridized carbons (Fsp3) is 0.385. The van der Waals surface area contributed by atoms with E-state index in [1.807, 2.05) is 25.1 Å². The van der Waals surface area contributed by atoms with Gasteiger partial charge in [0.25, 0.3) is 0 Å². The van der Waals surface area contributed by atoms with Crippen LogP contribution in [0.1, 0.15) is 18.4 Å². The molecule has 1 aliphatic rings. The van der Waals surface area contributed by atoms with Crippen LogP contribution in [0, 0.1) is 6.92 Å². The van der Waals surface area contributed by atoms with Gasteiger partial charge in [0, 0.05) is 11.7 Å². The van der Waals surface area contributed by atoms with Crippen molar-refractivity contribution in [2.24, 2.45) is 0 Å². The van der Waals surface area contributed by atoms with Gasteiger partial charge in [-0.25, -0.2) is 4.79 Å². The van der Waals surface area contributed by atoms with Gasteiger partial charge in [0.1, 0.15) is 0 Å². The highest BCUT2D eigenvalue weighted by Crippen LogP contribution is 2.18. The number of rotatable bonds is 4. The number of nitrogens with one attached hydrogen (secondary N) is 3. The number of hydrogen-bond acceptors (Lipinski definition) is 2. The van der Waals surface area contributed by atoms with Crippen LogP contribution < -0.4 is 16.0 Å². The summed E-state index contributed by atoms with van der Waals surface area (Å²) in [5, 5.41) is 8.00. The molecule has 0 radical (unpaired) electrons. The van der Waals surface area contributed by atoms with E-state index in [4.69, 9.17) is 0 Å². The highest BCUT2D eigenvalue weighted by molar-refractivity contribution is 5.92. The molecule has 0 aliphatic heterocycles. The zero-order chi connectivity index (χ0) is 13.0. The van der Waals surface area contributed by atoms with Crippen LogP contribution in [0.15, 0.2) is 24.3 Å². The Hall–Kier alpha value is -2.04. The lowest BCUT2D eigenvalue weighted by molar-refractivity contribution is -0.120.